The van der Waals surface area contributed by atoms with Crippen molar-refractivity contribution < 1.29 is 13.3 Å². The van der Waals surface area contributed by atoms with E-state index >= 15 is 0 Å². The molecule has 2 rings (SSSR count). The Morgan fingerprint density at radius 3 is 2.76 bits per heavy atom. The number of aromatic nitrogens is 3. The van der Waals surface area contributed by atoms with Crippen molar-refractivity contribution in [1.29, 1.82) is 0 Å². The van der Waals surface area contributed by atoms with Gasteiger partial charge < -0.3 is 0 Å². The third kappa shape index (κ3) is 3.17. The maximum atomic E-state index is 12.4. The van der Waals surface area contributed by atoms with Gasteiger partial charge in [-0.2, -0.15) is 9.40 Å². The fraction of sp³-hybridized carbons (Fsp3) is 0.200. The molecule has 1 aromatic heterocycles. The SMILES string of the molecule is CN(Cc1ncn[nH]1)S(=O)(=O)c1ccc(Cl)cc1[N+](=O)[O-]. The minimum Gasteiger partial charge on any atom is -0.262 e. The van der Waals surface area contributed by atoms with Gasteiger partial charge in [-0.3, -0.25) is 15.2 Å². The Labute approximate surface area is 124 Å². The first-order valence-electron chi connectivity index (χ1n) is 5.57. The summed E-state index contributed by atoms with van der Waals surface area (Å²) in [7, 11) is -2.77. The number of hydrogen-bond acceptors (Lipinski definition) is 6. The van der Waals surface area contributed by atoms with Gasteiger partial charge in [0.25, 0.3) is 5.69 Å². The summed E-state index contributed by atoms with van der Waals surface area (Å²) in [6.45, 7) is -0.0951. The van der Waals surface area contributed by atoms with E-state index in [-0.39, 0.29) is 11.6 Å². The average molecular weight is 332 g/mol. The van der Waals surface area contributed by atoms with E-state index in [9.17, 15) is 18.5 Å². The van der Waals surface area contributed by atoms with Gasteiger partial charge in [0.05, 0.1) is 11.5 Å². The normalized spacial score (nSPS) is 11.8. The number of rotatable bonds is 5. The minimum atomic E-state index is -4.06. The first-order chi connectivity index (χ1) is 9.82. The molecule has 9 nitrogen and oxygen atoms in total. The summed E-state index contributed by atoms with van der Waals surface area (Å²) in [4.78, 5) is 13.6. The number of nitro benzene ring substituents is 1. The monoisotopic (exact) mass is 331 g/mol. The van der Waals surface area contributed by atoms with Gasteiger partial charge in [0, 0.05) is 18.1 Å². The molecule has 0 aliphatic heterocycles. The Bertz CT molecular complexity index is 762. The van der Waals surface area contributed by atoms with E-state index < -0.39 is 25.5 Å². The smallest absolute Gasteiger partial charge is 0.262 e. The van der Waals surface area contributed by atoms with E-state index in [0.717, 1.165) is 16.4 Å². The molecule has 0 saturated carbocycles. The van der Waals surface area contributed by atoms with Crippen LogP contribution in [-0.4, -0.2) is 39.9 Å². The first-order valence-corrected chi connectivity index (χ1v) is 7.38. The van der Waals surface area contributed by atoms with Crippen LogP contribution in [0.15, 0.2) is 29.4 Å². The van der Waals surface area contributed by atoms with Gasteiger partial charge >= 0.3 is 0 Å². The van der Waals surface area contributed by atoms with E-state index in [1.807, 2.05) is 0 Å². The molecule has 0 saturated heterocycles. The summed E-state index contributed by atoms with van der Waals surface area (Å²) in [5.74, 6) is 0.317. The maximum absolute atomic E-state index is 12.4. The number of nitro groups is 1. The van der Waals surface area contributed by atoms with Crippen LogP contribution in [0, 0.1) is 10.1 Å². The zero-order valence-corrected chi connectivity index (χ0v) is 12.3. The molecule has 112 valence electrons. The van der Waals surface area contributed by atoms with Crippen LogP contribution >= 0.6 is 11.6 Å². The maximum Gasteiger partial charge on any atom is 0.290 e. The van der Waals surface area contributed by atoms with Crippen molar-refractivity contribution in [2.45, 2.75) is 11.4 Å². The molecule has 0 aliphatic carbocycles. The highest BCUT2D eigenvalue weighted by Gasteiger charge is 2.30. The third-order valence-electron chi connectivity index (χ3n) is 2.64. The number of sulfonamides is 1. The predicted molar refractivity (Wildman–Crippen MR) is 73.1 cm³/mol. The quantitative estimate of drug-likeness (QED) is 0.648. The van der Waals surface area contributed by atoms with Crippen LogP contribution in [0.25, 0.3) is 0 Å². The fourth-order valence-electron chi connectivity index (χ4n) is 1.62. The van der Waals surface area contributed by atoms with Gasteiger partial charge in [-0.15, -0.1) is 0 Å². The van der Waals surface area contributed by atoms with E-state index in [0.29, 0.717) is 5.82 Å². The molecule has 1 N–H and O–H groups in total. The highest BCUT2D eigenvalue weighted by molar-refractivity contribution is 7.89. The van der Waals surface area contributed by atoms with E-state index in [1.165, 1.54) is 19.4 Å². The van der Waals surface area contributed by atoms with Crippen LogP contribution in [0.5, 0.6) is 0 Å². The van der Waals surface area contributed by atoms with E-state index in [2.05, 4.69) is 15.2 Å². The zero-order valence-electron chi connectivity index (χ0n) is 10.7. The van der Waals surface area contributed by atoms with Crippen LogP contribution in [-0.2, 0) is 16.6 Å². The number of halogens is 1. The van der Waals surface area contributed by atoms with Gasteiger partial charge in [0.2, 0.25) is 10.0 Å². The van der Waals surface area contributed by atoms with Crippen LogP contribution < -0.4 is 0 Å². The minimum absolute atomic E-state index is 0.0820. The Balaban J connectivity index is 2.41. The van der Waals surface area contributed by atoms with Crippen LogP contribution in [0.4, 0.5) is 5.69 Å². The average Bonchev–Trinajstić information content (AvgIpc) is 2.91. The molecule has 0 atom stereocenters. The topological polar surface area (TPSA) is 122 Å². The van der Waals surface area contributed by atoms with Crippen molar-refractivity contribution in [2.75, 3.05) is 7.05 Å². The molecule has 0 bridgehead atoms. The summed E-state index contributed by atoms with van der Waals surface area (Å²) >= 11 is 5.67. The number of hydrogen-bond donors (Lipinski definition) is 1. The Kier molecular flexibility index (Phi) is 4.21. The Hall–Kier alpha value is -2.04. The fourth-order valence-corrected chi connectivity index (χ4v) is 3.05. The van der Waals surface area contributed by atoms with Crippen molar-refractivity contribution in [1.82, 2.24) is 19.5 Å². The zero-order chi connectivity index (χ0) is 15.6. The lowest BCUT2D eigenvalue weighted by atomic mass is 10.3. The number of nitrogens with one attached hydrogen (secondary N) is 1. The molecule has 0 amide bonds. The van der Waals surface area contributed by atoms with E-state index in [4.69, 9.17) is 11.6 Å². The molecule has 1 heterocycles. The number of nitrogens with zero attached hydrogens (tertiary/aromatic N) is 4. The van der Waals surface area contributed by atoms with E-state index in [1.54, 1.807) is 0 Å². The summed E-state index contributed by atoms with van der Waals surface area (Å²) in [5.41, 5.74) is -0.577. The molecule has 21 heavy (non-hydrogen) atoms. The van der Waals surface area contributed by atoms with Gasteiger partial charge in [-0.05, 0) is 12.1 Å². The van der Waals surface area contributed by atoms with Crippen molar-refractivity contribution in [2.24, 2.45) is 0 Å². The molecular formula is C10H10ClN5O4S. The molecule has 0 unspecified atom stereocenters. The third-order valence-corrected chi connectivity index (χ3v) is 4.73. The van der Waals surface area contributed by atoms with Gasteiger partial charge in [0.15, 0.2) is 4.90 Å². The molecule has 2 aromatic rings. The summed E-state index contributed by atoms with van der Waals surface area (Å²) in [5, 5.41) is 17.2. The van der Waals surface area contributed by atoms with Crippen LogP contribution in [0.3, 0.4) is 0 Å². The lowest BCUT2D eigenvalue weighted by molar-refractivity contribution is -0.387. The molecule has 0 aliphatic rings. The van der Waals surface area contributed by atoms with Crippen molar-refractivity contribution in [3.8, 4) is 0 Å². The molecular weight excluding hydrogens is 322 g/mol. The number of aromatic amines is 1. The predicted octanol–water partition coefficient (Wildman–Crippen LogP) is 1.19. The molecule has 0 spiro atoms. The Morgan fingerprint density at radius 1 is 1.48 bits per heavy atom. The lowest BCUT2D eigenvalue weighted by Gasteiger charge is -2.15. The van der Waals surface area contributed by atoms with Crippen molar-refractivity contribution >= 4 is 27.3 Å². The Morgan fingerprint density at radius 2 is 2.19 bits per heavy atom. The van der Waals surface area contributed by atoms with Crippen LogP contribution in [0.2, 0.25) is 5.02 Å². The summed E-state index contributed by atoms with van der Waals surface area (Å²) in [6.07, 6.45) is 1.24. The van der Waals surface area contributed by atoms with Crippen molar-refractivity contribution in [3.63, 3.8) is 0 Å². The second-order valence-corrected chi connectivity index (χ2v) is 6.51. The first kappa shape index (κ1) is 15.4. The lowest BCUT2D eigenvalue weighted by Crippen LogP contribution is -2.27. The van der Waals surface area contributed by atoms with Gasteiger partial charge in [-0.25, -0.2) is 13.4 Å². The molecule has 11 heteroatoms. The molecule has 0 fully saturated rings. The second-order valence-electron chi connectivity index (χ2n) is 4.06. The number of benzene rings is 1. The summed E-state index contributed by atoms with van der Waals surface area (Å²) < 4.78 is 25.8. The highest BCUT2D eigenvalue weighted by atomic mass is 35.5. The summed E-state index contributed by atoms with van der Waals surface area (Å²) in [6, 6.07) is 3.38. The van der Waals surface area contributed by atoms with Gasteiger partial charge in [0.1, 0.15) is 12.2 Å². The van der Waals surface area contributed by atoms with Crippen LogP contribution in [0.1, 0.15) is 5.82 Å². The van der Waals surface area contributed by atoms with Gasteiger partial charge in [-0.1, -0.05) is 11.6 Å². The molecule has 1 aromatic carbocycles. The molecule has 0 radical (unpaired) electrons. The highest BCUT2D eigenvalue weighted by Crippen LogP contribution is 2.29. The second kappa shape index (κ2) is 5.76. The largest absolute Gasteiger partial charge is 0.290 e. The number of H-pyrrole nitrogens is 1. The standard InChI is InChI=1S/C10H10ClN5O4S/c1-15(5-10-12-6-13-14-10)21(19,20)9-3-2-7(11)4-8(9)16(17)18/h2-4,6H,5H2,1H3,(H,12,13,14). The van der Waals surface area contributed by atoms with Crippen molar-refractivity contribution in [3.05, 3.63) is 45.5 Å².